The van der Waals surface area contributed by atoms with E-state index in [1.54, 1.807) is 24.3 Å². The first-order valence-electron chi connectivity index (χ1n) is 6.22. The third-order valence-corrected chi connectivity index (χ3v) is 3.25. The minimum absolute atomic E-state index is 0.312. The molecule has 1 aliphatic rings. The van der Waals surface area contributed by atoms with Crippen molar-refractivity contribution in [2.75, 3.05) is 5.43 Å². The second kappa shape index (κ2) is 4.82. The fourth-order valence-electron chi connectivity index (χ4n) is 2.16. The molecule has 1 aliphatic heterocycles. The quantitative estimate of drug-likeness (QED) is 0.803. The molecule has 0 bridgehead atoms. The van der Waals surface area contributed by atoms with Crippen LogP contribution in [-0.4, -0.2) is 43.5 Å². The monoisotopic (exact) mass is 285 g/mol. The van der Waals surface area contributed by atoms with E-state index in [0.29, 0.717) is 11.1 Å². The van der Waals surface area contributed by atoms with E-state index < -0.39 is 23.8 Å². The second-order valence-electron chi connectivity index (χ2n) is 4.55. The summed E-state index contributed by atoms with van der Waals surface area (Å²) >= 11 is 0. The molecule has 1 atom stereocenters. The number of hydrogen-bond acceptors (Lipinski definition) is 5. The van der Waals surface area contributed by atoms with Crippen molar-refractivity contribution in [3.63, 3.8) is 0 Å². The Morgan fingerprint density at radius 3 is 2.14 bits per heavy atom. The molecular weight excluding hydrogens is 274 g/mol. The number of carbonyl (C=O) groups excluding carboxylic acids is 3. The average Bonchev–Trinajstić information content (AvgIpc) is 3.07. The summed E-state index contributed by atoms with van der Waals surface area (Å²) in [4.78, 5) is 37.6. The first-order valence-corrected chi connectivity index (χ1v) is 6.22. The van der Waals surface area contributed by atoms with Crippen LogP contribution in [0.25, 0.3) is 0 Å². The zero-order valence-corrected chi connectivity index (χ0v) is 11.1. The highest BCUT2D eigenvalue weighted by atomic mass is 16.2. The van der Waals surface area contributed by atoms with E-state index in [4.69, 9.17) is 0 Å². The highest BCUT2D eigenvalue weighted by Gasteiger charge is 2.40. The van der Waals surface area contributed by atoms with Crippen molar-refractivity contribution in [2.24, 2.45) is 0 Å². The van der Waals surface area contributed by atoms with Gasteiger partial charge in [0, 0.05) is 0 Å². The maximum atomic E-state index is 12.2. The van der Waals surface area contributed by atoms with Crippen molar-refractivity contribution >= 4 is 17.7 Å². The topological polar surface area (TPSA) is 97.2 Å². The molecule has 1 aromatic carbocycles. The Hall–Kier alpha value is -3.03. The number of nitrogens with zero attached hydrogens (tertiary/aromatic N) is 4. The lowest BCUT2D eigenvalue weighted by Crippen LogP contribution is -2.46. The minimum atomic E-state index is -0.945. The van der Waals surface area contributed by atoms with Crippen molar-refractivity contribution < 1.29 is 14.4 Å². The number of nitrogens with one attached hydrogen (secondary N) is 1. The zero-order valence-electron chi connectivity index (χ0n) is 11.1. The number of imide groups is 1. The van der Waals surface area contributed by atoms with Crippen molar-refractivity contribution in [1.29, 1.82) is 0 Å². The maximum absolute atomic E-state index is 12.2. The van der Waals surface area contributed by atoms with Crippen molar-refractivity contribution in [1.82, 2.24) is 19.8 Å². The largest absolute Gasteiger partial charge is 0.271 e. The summed E-state index contributed by atoms with van der Waals surface area (Å²) in [7, 11) is 0. The van der Waals surface area contributed by atoms with Crippen LogP contribution in [0.3, 0.4) is 0 Å². The van der Waals surface area contributed by atoms with Crippen molar-refractivity contribution in [2.45, 2.75) is 13.0 Å². The molecule has 0 saturated carbocycles. The van der Waals surface area contributed by atoms with Crippen LogP contribution in [0.4, 0.5) is 0 Å². The molecule has 0 fully saturated rings. The van der Waals surface area contributed by atoms with Gasteiger partial charge in [-0.05, 0) is 19.1 Å². The molecule has 0 saturated heterocycles. The van der Waals surface area contributed by atoms with E-state index in [-0.39, 0.29) is 0 Å². The molecular formula is C13H11N5O3. The molecule has 1 N–H and O–H groups in total. The van der Waals surface area contributed by atoms with Gasteiger partial charge in [-0.2, -0.15) is 0 Å². The highest BCUT2D eigenvalue weighted by Crippen LogP contribution is 2.24. The van der Waals surface area contributed by atoms with Gasteiger partial charge in [-0.1, -0.05) is 12.1 Å². The van der Waals surface area contributed by atoms with Gasteiger partial charge in [-0.3, -0.25) is 24.7 Å². The molecule has 2 aromatic rings. The molecule has 2 heterocycles. The van der Waals surface area contributed by atoms with Gasteiger partial charge >= 0.3 is 0 Å². The fraction of sp³-hybridized carbons (Fsp3) is 0.154. The van der Waals surface area contributed by atoms with Gasteiger partial charge in [0.05, 0.1) is 11.1 Å². The standard InChI is InChI=1S/C13H11N5O3/c1-8(11(19)16-17-6-14-15-7-17)18-12(20)9-4-2-3-5-10(9)13(18)21/h2-8H,1H3,(H,16,19). The van der Waals surface area contributed by atoms with Crippen LogP contribution in [0.15, 0.2) is 36.9 Å². The van der Waals surface area contributed by atoms with Crippen LogP contribution in [0.5, 0.6) is 0 Å². The third-order valence-electron chi connectivity index (χ3n) is 3.25. The highest BCUT2D eigenvalue weighted by molar-refractivity contribution is 6.23. The Labute approximate surface area is 119 Å². The number of benzene rings is 1. The Morgan fingerprint density at radius 2 is 1.62 bits per heavy atom. The number of fused-ring (bicyclic) bond motifs is 1. The summed E-state index contributed by atoms with van der Waals surface area (Å²) in [6, 6.07) is 5.55. The third kappa shape index (κ3) is 2.06. The van der Waals surface area contributed by atoms with Gasteiger partial charge in [0.2, 0.25) is 0 Å². The first kappa shape index (κ1) is 13.0. The van der Waals surface area contributed by atoms with E-state index in [2.05, 4.69) is 15.6 Å². The number of rotatable bonds is 3. The van der Waals surface area contributed by atoms with E-state index in [0.717, 1.165) is 4.90 Å². The minimum Gasteiger partial charge on any atom is -0.271 e. The Bertz CT molecular complexity index is 690. The Balaban J connectivity index is 1.83. The van der Waals surface area contributed by atoms with Gasteiger partial charge < -0.3 is 0 Å². The van der Waals surface area contributed by atoms with E-state index >= 15 is 0 Å². The smallest absolute Gasteiger partial charge is 0.262 e. The maximum Gasteiger partial charge on any atom is 0.262 e. The molecule has 8 heteroatoms. The van der Waals surface area contributed by atoms with Gasteiger partial charge in [0.15, 0.2) is 0 Å². The van der Waals surface area contributed by atoms with E-state index in [9.17, 15) is 14.4 Å². The molecule has 3 rings (SSSR count). The van der Waals surface area contributed by atoms with Gasteiger partial charge in [0.1, 0.15) is 18.7 Å². The molecule has 0 aliphatic carbocycles. The molecule has 0 radical (unpaired) electrons. The normalized spacial score (nSPS) is 15.0. The summed E-state index contributed by atoms with van der Waals surface area (Å²) in [5.41, 5.74) is 3.10. The average molecular weight is 285 g/mol. The van der Waals surface area contributed by atoms with Crippen LogP contribution in [0.1, 0.15) is 27.6 Å². The number of hydrogen-bond donors (Lipinski definition) is 1. The van der Waals surface area contributed by atoms with Crippen LogP contribution < -0.4 is 5.43 Å². The van der Waals surface area contributed by atoms with Gasteiger partial charge in [-0.25, -0.2) is 4.68 Å². The van der Waals surface area contributed by atoms with Gasteiger partial charge in [0.25, 0.3) is 17.7 Å². The van der Waals surface area contributed by atoms with E-state index in [1.165, 1.54) is 24.3 Å². The lowest BCUT2D eigenvalue weighted by Gasteiger charge is -2.21. The lowest BCUT2D eigenvalue weighted by molar-refractivity contribution is -0.120. The summed E-state index contributed by atoms with van der Waals surface area (Å²) in [6.45, 7) is 1.49. The van der Waals surface area contributed by atoms with Crippen molar-refractivity contribution in [3.05, 3.63) is 48.0 Å². The van der Waals surface area contributed by atoms with Gasteiger partial charge in [-0.15, -0.1) is 10.2 Å². The number of aromatic nitrogens is 3. The SMILES string of the molecule is CC(C(=O)Nn1cnnc1)N1C(=O)c2ccccc2C1=O. The predicted octanol–water partition coefficient (Wildman–Crippen LogP) is 0.0329. The fourth-order valence-corrected chi connectivity index (χ4v) is 2.16. The zero-order chi connectivity index (χ0) is 15.0. The van der Waals surface area contributed by atoms with Crippen LogP contribution >= 0.6 is 0 Å². The molecule has 1 unspecified atom stereocenters. The number of carbonyl (C=O) groups is 3. The summed E-state index contributed by atoms with van der Waals surface area (Å²) in [6.07, 6.45) is 2.60. The lowest BCUT2D eigenvalue weighted by atomic mass is 10.1. The van der Waals surface area contributed by atoms with Crippen LogP contribution in [0.2, 0.25) is 0 Å². The molecule has 1 aromatic heterocycles. The second-order valence-corrected chi connectivity index (χ2v) is 4.55. The molecule has 8 nitrogen and oxygen atoms in total. The first-order chi connectivity index (χ1) is 10.1. The summed E-state index contributed by atoms with van der Waals surface area (Å²) in [5, 5.41) is 7.09. The molecule has 106 valence electrons. The van der Waals surface area contributed by atoms with E-state index in [1.807, 2.05) is 0 Å². The Morgan fingerprint density at radius 1 is 1.10 bits per heavy atom. The molecule has 21 heavy (non-hydrogen) atoms. The van der Waals surface area contributed by atoms with Crippen LogP contribution in [0, 0.1) is 0 Å². The summed E-state index contributed by atoms with van der Waals surface area (Å²) in [5.74, 6) is -1.45. The van der Waals surface area contributed by atoms with Crippen molar-refractivity contribution in [3.8, 4) is 0 Å². The summed E-state index contributed by atoms with van der Waals surface area (Å²) < 4.78 is 1.25. The Kier molecular flexibility index (Phi) is 2.98. The predicted molar refractivity (Wildman–Crippen MR) is 70.8 cm³/mol. The number of amides is 3. The van der Waals surface area contributed by atoms with Crippen LogP contribution in [-0.2, 0) is 4.79 Å². The molecule has 0 spiro atoms. The molecule has 3 amide bonds.